The van der Waals surface area contributed by atoms with Crippen LogP contribution < -0.4 is 4.74 Å². The van der Waals surface area contributed by atoms with Gasteiger partial charge in [0.1, 0.15) is 11.3 Å². The quantitative estimate of drug-likeness (QED) is 0.896. The van der Waals surface area contributed by atoms with Crippen molar-refractivity contribution in [1.82, 2.24) is 4.98 Å². The highest BCUT2D eigenvalue weighted by Gasteiger charge is 2.38. The van der Waals surface area contributed by atoms with Crippen molar-refractivity contribution in [2.24, 2.45) is 5.92 Å². The number of rotatable bonds is 4. The molecule has 4 heteroatoms. The van der Waals surface area contributed by atoms with Crippen molar-refractivity contribution in [3.8, 4) is 5.75 Å². The van der Waals surface area contributed by atoms with E-state index in [1.165, 1.54) is 0 Å². The summed E-state index contributed by atoms with van der Waals surface area (Å²) in [5.41, 5.74) is 0.715. The summed E-state index contributed by atoms with van der Waals surface area (Å²) >= 11 is 0. The maximum Gasteiger partial charge on any atom is 0.345 e. The van der Waals surface area contributed by atoms with Gasteiger partial charge in [0.2, 0.25) is 0 Å². The zero-order chi connectivity index (χ0) is 12.5. The Balaban J connectivity index is 1.96. The molecule has 1 N–H and O–H groups in total. The topological polar surface area (TPSA) is 59.4 Å². The normalized spacial score (nSPS) is 16.4. The summed E-state index contributed by atoms with van der Waals surface area (Å²) in [4.78, 5) is 15.4. The molecule has 1 fully saturated rings. The average molecular weight is 243 g/mol. The molecular weight excluding hydrogens is 230 g/mol. The number of pyridine rings is 1. The molecule has 1 aliphatic carbocycles. The molecule has 1 heterocycles. The Kier molecular flexibility index (Phi) is 2.63. The van der Waals surface area contributed by atoms with Gasteiger partial charge in [-0.1, -0.05) is 18.2 Å². The predicted octanol–water partition coefficient (Wildman–Crippen LogP) is 2.48. The smallest absolute Gasteiger partial charge is 0.345 e. The second-order valence-electron chi connectivity index (χ2n) is 4.55. The predicted molar refractivity (Wildman–Crippen MR) is 66.5 cm³/mol. The van der Waals surface area contributed by atoms with E-state index in [0.717, 1.165) is 18.2 Å². The molecule has 1 aliphatic rings. The van der Waals surface area contributed by atoms with Gasteiger partial charge in [0.15, 0.2) is 6.10 Å². The average Bonchev–Trinajstić information content (AvgIpc) is 3.20. The van der Waals surface area contributed by atoms with E-state index in [0.29, 0.717) is 11.3 Å². The van der Waals surface area contributed by atoms with Crippen molar-refractivity contribution < 1.29 is 14.6 Å². The molecule has 1 aromatic heterocycles. The Labute approximate surface area is 104 Å². The number of aliphatic carboxylic acids is 1. The monoisotopic (exact) mass is 243 g/mol. The van der Waals surface area contributed by atoms with Gasteiger partial charge in [0, 0.05) is 17.5 Å². The number of hydrogen-bond donors (Lipinski definition) is 1. The minimum atomic E-state index is -0.898. The van der Waals surface area contributed by atoms with Gasteiger partial charge in [-0.3, -0.25) is 4.98 Å². The van der Waals surface area contributed by atoms with Crippen molar-refractivity contribution in [3.05, 3.63) is 36.5 Å². The summed E-state index contributed by atoms with van der Waals surface area (Å²) in [6.45, 7) is 0. The molecule has 1 unspecified atom stereocenters. The lowest BCUT2D eigenvalue weighted by atomic mass is 10.2. The molecule has 0 amide bonds. The van der Waals surface area contributed by atoms with Crippen LogP contribution in [0.25, 0.3) is 10.9 Å². The van der Waals surface area contributed by atoms with E-state index in [9.17, 15) is 9.90 Å². The van der Waals surface area contributed by atoms with Gasteiger partial charge in [-0.15, -0.1) is 0 Å². The molecule has 3 rings (SSSR count). The number of carboxylic acid groups (broad SMARTS) is 1. The Morgan fingerprint density at radius 1 is 1.33 bits per heavy atom. The first-order valence-corrected chi connectivity index (χ1v) is 5.99. The number of aromatic nitrogens is 1. The molecule has 2 aromatic rings. The summed E-state index contributed by atoms with van der Waals surface area (Å²) in [5, 5.41) is 10.1. The lowest BCUT2D eigenvalue weighted by Gasteiger charge is -2.15. The minimum Gasteiger partial charge on any atom is -0.478 e. The number of nitrogens with zero attached hydrogens (tertiary/aromatic N) is 1. The molecule has 0 saturated heterocycles. The second-order valence-corrected chi connectivity index (χ2v) is 4.55. The van der Waals surface area contributed by atoms with Gasteiger partial charge in [-0.25, -0.2) is 4.79 Å². The van der Waals surface area contributed by atoms with Crippen molar-refractivity contribution in [2.75, 3.05) is 0 Å². The fraction of sp³-hybridized carbons (Fsp3) is 0.286. The second kappa shape index (κ2) is 4.29. The Bertz CT molecular complexity index is 587. The van der Waals surface area contributed by atoms with Crippen LogP contribution in [0.5, 0.6) is 5.75 Å². The maximum absolute atomic E-state index is 11.2. The lowest BCUT2D eigenvalue weighted by molar-refractivity contribution is -0.146. The fourth-order valence-corrected chi connectivity index (χ4v) is 2.06. The highest BCUT2D eigenvalue weighted by molar-refractivity contribution is 5.84. The van der Waals surface area contributed by atoms with Gasteiger partial charge >= 0.3 is 5.97 Å². The molecule has 0 aliphatic heterocycles. The number of benzene rings is 1. The van der Waals surface area contributed by atoms with Crippen LogP contribution in [-0.4, -0.2) is 22.2 Å². The van der Waals surface area contributed by atoms with Crippen molar-refractivity contribution in [3.63, 3.8) is 0 Å². The van der Waals surface area contributed by atoms with E-state index >= 15 is 0 Å². The maximum atomic E-state index is 11.2. The molecule has 1 atom stereocenters. The van der Waals surface area contributed by atoms with E-state index in [-0.39, 0.29) is 5.92 Å². The van der Waals surface area contributed by atoms with Gasteiger partial charge in [-0.2, -0.15) is 0 Å². The molecule has 0 spiro atoms. The van der Waals surface area contributed by atoms with Crippen LogP contribution in [0.15, 0.2) is 36.5 Å². The Morgan fingerprint density at radius 3 is 2.83 bits per heavy atom. The lowest BCUT2D eigenvalue weighted by Crippen LogP contribution is -2.29. The van der Waals surface area contributed by atoms with Crippen LogP contribution in [0.2, 0.25) is 0 Å². The number of carbonyl (C=O) groups is 1. The third kappa shape index (κ3) is 2.01. The molecule has 0 bridgehead atoms. The number of hydrogen-bond acceptors (Lipinski definition) is 3. The van der Waals surface area contributed by atoms with E-state index in [1.807, 2.05) is 24.3 Å². The summed E-state index contributed by atoms with van der Waals surface area (Å²) in [6.07, 6.45) is 2.78. The SMILES string of the molecule is O=C(O)C(Oc1cccc2cccnc12)C1CC1. The van der Waals surface area contributed by atoms with E-state index < -0.39 is 12.1 Å². The molecule has 1 aromatic carbocycles. The first-order chi connectivity index (χ1) is 8.75. The van der Waals surface area contributed by atoms with Crippen LogP contribution >= 0.6 is 0 Å². The number of fused-ring (bicyclic) bond motifs is 1. The molecule has 92 valence electrons. The molecule has 18 heavy (non-hydrogen) atoms. The summed E-state index contributed by atoms with van der Waals surface area (Å²) in [6, 6.07) is 9.34. The standard InChI is InChI=1S/C14H13NO3/c16-14(17)13(10-6-7-10)18-11-5-1-3-9-4-2-8-15-12(9)11/h1-5,8,10,13H,6-7H2,(H,16,17). The molecule has 4 nitrogen and oxygen atoms in total. The molecular formula is C14H13NO3. The largest absolute Gasteiger partial charge is 0.478 e. The van der Waals surface area contributed by atoms with Crippen LogP contribution in [0.3, 0.4) is 0 Å². The van der Waals surface area contributed by atoms with Gasteiger partial charge in [-0.05, 0) is 25.0 Å². The Morgan fingerprint density at radius 2 is 2.11 bits per heavy atom. The van der Waals surface area contributed by atoms with Crippen LogP contribution in [0.1, 0.15) is 12.8 Å². The van der Waals surface area contributed by atoms with E-state index in [4.69, 9.17) is 4.74 Å². The summed E-state index contributed by atoms with van der Waals surface area (Å²) < 4.78 is 5.65. The van der Waals surface area contributed by atoms with Crippen LogP contribution in [0, 0.1) is 5.92 Å². The fourth-order valence-electron chi connectivity index (χ4n) is 2.06. The summed E-state index contributed by atoms with van der Waals surface area (Å²) in [7, 11) is 0. The molecule has 1 saturated carbocycles. The number of carboxylic acids is 1. The van der Waals surface area contributed by atoms with Gasteiger partial charge < -0.3 is 9.84 Å². The third-order valence-electron chi connectivity index (χ3n) is 3.14. The van der Waals surface area contributed by atoms with E-state index in [1.54, 1.807) is 12.3 Å². The Hall–Kier alpha value is -2.10. The van der Waals surface area contributed by atoms with Crippen molar-refractivity contribution >= 4 is 16.9 Å². The summed E-state index contributed by atoms with van der Waals surface area (Å²) in [5.74, 6) is -0.209. The highest BCUT2D eigenvalue weighted by atomic mass is 16.5. The van der Waals surface area contributed by atoms with Gasteiger partial charge in [0.25, 0.3) is 0 Å². The first-order valence-electron chi connectivity index (χ1n) is 5.99. The zero-order valence-corrected chi connectivity index (χ0v) is 9.74. The molecule has 0 radical (unpaired) electrons. The first kappa shape index (κ1) is 11.0. The van der Waals surface area contributed by atoms with Crippen LogP contribution in [-0.2, 0) is 4.79 Å². The van der Waals surface area contributed by atoms with Crippen molar-refractivity contribution in [2.45, 2.75) is 18.9 Å². The van der Waals surface area contributed by atoms with Crippen molar-refractivity contribution in [1.29, 1.82) is 0 Å². The third-order valence-corrected chi connectivity index (χ3v) is 3.14. The number of para-hydroxylation sites is 1. The van der Waals surface area contributed by atoms with E-state index in [2.05, 4.69) is 4.98 Å². The zero-order valence-electron chi connectivity index (χ0n) is 9.74. The highest BCUT2D eigenvalue weighted by Crippen LogP contribution is 2.36. The van der Waals surface area contributed by atoms with Crippen LogP contribution in [0.4, 0.5) is 0 Å². The number of ether oxygens (including phenoxy) is 1. The van der Waals surface area contributed by atoms with Gasteiger partial charge in [0.05, 0.1) is 0 Å². The minimum absolute atomic E-state index is 0.140.